The molecule has 3 aliphatic heterocycles. The fraction of sp³-hybridized carbons (Fsp3) is 0.324. The Morgan fingerprint density at radius 2 is 1.67 bits per heavy atom. The summed E-state index contributed by atoms with van der Waals surface area (Å²) >= 11 is 0. The summed E-state index contributed by atoms with van der Waals surface area (Å²) in [5.74, 6) is 3.06. The van der Waals surface area contributed by atoms with Crippen LogP contribution in [0.15, 0.2) is 84.9 Å². The Kier molecular flexibility index (Phi) is 6.30. The lowest BCUT2D eigenvalue weighted by Crippen LogP contribution is -2.34. The van der Waals surface area contributed by atoms with Crippen molar-refractivity contribution in [3.05, 3.63) is 113 Å². The average Bonchev–Trinajstić information content (AvgIpc) is 3.49. The van der Waals surface area contributed by atoms with Crippen LogP contribution in [-0.2, 0) is 10.3 Å². The molecule has 5 heteroatoms. The number of carbonyl (C=O) groups excluding carboxylic acids is 1. The smallest absolute Gasteiger partial charge is 0.340 e. The average molecular weight is 559 g/mol. The molecule has 3 heterocycles. The maximum atomic E-state index is 13.4. The standard InChI is InChI=1S/C37H38N2O3/c1-6-27-24(5)39(21-29(27)22(2)3)26-16-17-31-35(19-26)41-34-18-23(4)33(38-25-12-8-7-9-13-25)20-32(34)37(31)30-15-11-10-14-28(30)36(40)42-37/h7-20,22,24,27,29,38H,6,21H2,1-5H3. The number of nitrogens with zero attached hydrogens (tertiary/aromatic N) is 1. The number of hydrogen-bond acceptors (Lipinski definition) is 5. The molecule has 0 amide bonds. The molecule has 7 rings (SSSR count). The molecular weight excluding hydrogens is 520 g/mol. The van der Waals surface area contributed by atoms with Crippen LogP contribution in [0.25, 0.3) is 0 Å². The van der Waals surface area contributed by atoms with Gasteiger partial charge in [0.15, 0.2) is 5.60 Å². The molecule has 4 aromatic rings. The molecule has 0 saturated carbocycles. The van der Waals surface area contributed by atoms with Crippen LogP contribution in [0.5, 0.6) is 11.5 Å². The summed E-state index contributed by atoms with van der Waals surface area (Å²) in [5, 5.41) is 3.56. The Morgan fingerprint density at radius 3 is 2.40 bits per heavy atom. The van der Waals surface area contributed by atoms with Crippen molar-refractivity contribution in [3.63, 3.8) is 0 Å². The minimum Gasteiger partial charge on any atom is -0.456 e. The van der Waals surface area contributed by atoms with Crippen molar-refractivity contribution in [2.75, 3.05) is 16.8 Å². The summed E-state index contributed by atoms with van der Waals surface area (Å²) < 4.78 is 13.2. The number of carbonyl (C=O) groups is 1. The number of aryl methyl sites for hydroxylation is 1. The maximum Gasteiger partial charge on any atom is 0.340 e. The molecule has 1 saturated heterocycles. The summed E-state index contributed by atoms with van der Waals surface area (Å²) in [4.78, 5) is 15.9. The van der Waals surface area contributed by atoms with Gasteiger partial charge in [-0.15, -0.1) is 0 Å². The van der Waals surface area contributed by atoms with Crippen LogP contribution in [0.4, 0.5) is 17.1 Å². The molecule has 1 fully saturated rings. The number of para-hydroxylation sites is 1. The van der Waals surface area contributed by atoms with Gasteiger partial charge in [0.2, 0.25) is 0 Å². The Hall–Kier alpha value is -4.25. The molecule has 0 aliphatic carbocycles. The van der Waals surface area contributed by atoms with Gasteiger partial charge in [-0.3, -0.25) is 0 Å². The molecule has 4 atom stereocenters. The highest BCUT2D eigenvalue weighted by Crippen LogP contribution is 2.57. The van der Waals surface area contributed by atoms with Crippen molar-refractivity contribution < 1.29 is 14.3 Å². The number of nitrogens with one attached hydrogen (secondary N) is 1. The van der Waals surface area contributed by atoms with E-state index in [1.54, 1.807) is 0 Å². The van der Waals surface area contributed by atoms with E-state index in [9.17, 15) is 4.79 Å². The van der Waals surface area contributed by atoms with E-state index in [1.165, 1.54) is 6.42 Å². The summed E-state index contributed by atoms with van der Waals surface area (Å²) in [5.41, 5.74) is 6.16. The molecule has 0 aromatic heterocycles. The van der Waals surface area contributed by atoms with Gasteiger partial charge in [-0.2, -0.15) is 0 Å². The van der Waals surface area contributed by atoms with E-state index in [2.05, 4.69) is 75.2 Å². The topological polar surface area (TPSA) is 50.8 Å². The van der Waals surface area contributed by atoms with E-state index in [4.69, 9.17) is 9.47 Å². The van der Waals surface area contributed by atoms with Crippen LogP contribution in [0.3, 0.4) is 0 Å². The lowest BCUT2D eigenvalue weighted by molar-refractivity contribution is 0.0224. The molecule has 0 bridgehead atoms. The number of hydrogen-bond donors (Lipinski definition) is 1. The first kappa shape index (κ1) is 26.6. The number of anilines is 3. The summed E-state index contributed by atoms with van der Waals surface area (Å²) in [6, 6.07) is 28.9. The Balaban J connectivity index is 1.38. The summed E-state index contributed by atoms with van der Waals surface area (Å²) in [6.07, 6.45) is 1.17. The molecular formula is C37H38N2O3. The SMILES string of the molecule is CCC1C(C(C)C)CN(c2ccc3c(c2)Oc2cc(C)c(Nc4ccccc4)cc2C32OC(=O)c3ccccc32)C1C. The second-order valence-electron chi connectivity index (χ2n) is 12.4. The van der Waals surface area contributed by atoms with Gasteiger partial charge in [-0.25, -0.2) is 4.79 Å². The molecule has 1 spiro atoms. The molecule has 1 N–H and O–H groups in total. The Labute approximate surface area is 248 Å². The van der Waals surface area contributed by atoms with Gasteiger partial charge in [0.05, 0.1) is 5.56 Å². The molecule has 3 aliphatic rings. The van der Waals surface area contributed by atoms with Gasteiger partial charge in [0, 0.05) is 52.4 Å². The summed E-state index contributed by atoms with van der Waals surface area (Å²) in [7, 11) is 0. The molecule has 0 radical (unpaired) electrons. The van der Waals surface area contributed by atoms with Crippen molar-refractivity contribution in [2.45, 2.75) is 52.7 Å². The van der Waals surface area contributed by atoms with Gasteiger partial charge in [-0.05, 0) is 79.6 Å². The lowest BCUT2D eigenvalue weighted by Gasteiger charge is -2.38. The van der Waals surface area contributed by atoms with Gasteiger partial charge in [0.1, 0.15) is 11.5 Å². The van der Waals surface area contributed by atoms with E-state index in [1.807, 2.05) is 54.6 Å². The Morgan fingerprint density at radius 1 is 0.929 bits per heavy atom. The van der Waals surface area contributed by atoms with Crippen molar-refractivity contribution in [1.29, 1.82) is 0 Å². The van der Waals surface area contributed by atoms with Gasteiger partial charge >= 0.3 is 5.97 Å². The van der Waals surface area contributed by atoms with E-state index in [0.29, 0.717) is 35.1 Å². The van der Waals surface area contributed by atoms with Gasteiger partial charge < -0.3 is 19.7 Å². The molecule has 214 valence electrons. The lowest BCUT2D eigenvalue weighted by atomic mass is 9.77. The highest BCUT2D eigenvalue weighted by atomic mass is 16.6. The molecule has 5 nitrogen and oxygen atoms in total. The predicted octanol–water partition coefficient (Wildman–Crippen LogP) is 8.81. The summed E-state index contributed by atoms with van der Waals surface area (Å²) in [6.45, 7) is 12.5. The highest BCUT2D eigenvalue weighted by Gasteiger charge is 2.54. The van der Waals surface area contributed by atoms with Crippen LogP contribution in [0.2, 0.25) is 0 Å². The van der Waals surface area contributed by atoms with E-state index in [-0.39, 0.29) is 5.97 Å². The van der Waals surface area contributed by atoms with Crippen molar-refractivity contribution in [3.8, 4) is 11.5 Å². The van der Waals surface area contributed by atoms with Gasteiger partial charge in [-0.1, -0.05) is 63.6 Å². The van der Waals surface area contributed by atoms with Crippen molar-refractivity contribution in [1.82, 2.24) is 0 Å². The van der Waals surface area contributed by atoms with Crippen LogP contribution in [-0.4, -0.2) is 18.6 Å². The minimum atomic E-state index is -1.10. The minimum absolute atomic E-state index is 0.314. The molecule has 4 unspecified atom stereocenters. The third kappa shape index (κ3) is 3.93. The normalized spacial score (nSPS) is 23.8. The zero-order valence-electron chi connectivity index (χ0n) is 25.0. The second-order valence-corrected chi connectivity index (χ2v) is 12.4. The number of ether oxygens (including phenoxy) is 2. The van der Waals surface area contributed by atoms with Gasteiger partial charge in [0.25, 0.3) is 0 Å². The van der Waals surface area contributed by atoms with Crippen LogP contribution >= 0.6 is 0 Å². The van der Waals surface area contributed by atoms with Crippen molar-refractivity contribution in [2.24, 2.45) is 17.8 Å². The fourth-order valence-electron chi connectivity index (χ4n) is 7.61. The number of esters is 1. The zero-order valence-corrected chi connectivity index (χ0v) is 25.0. The largest absolute Gasteiger partial charge is 0.456 e. The first-order chi connectivity index (χ1) is 20.3. The predicted molar refractivity (Wildman–Crippen MR) is 168 cm³/mol. The van der Waals surface area contributed by atoms with E-state index >= 15 is 0 Å². The fourth-order valence-corrected chi connectivity index (χ4v) is 7.61. The number of fused-ring (bicyclic) bond motifs is 6. The molecule has 4 aromatic carbocycles. The van der Waals surface area contributed by atoms with Crippen molar-refractivity contribution >= 4 is 23.0 Å². The number of rotatable bonds is 5. The van der Waals surface area contributed by atoms with Crippen LogP contribution in [0.1, 0.15) is 66.7 Å². The van der Waals surface area contributed by atoms with E-state index < -0.39 is 5.60 Å². The third-order valence-electron chi connectivity index (χ3n) is 9.82. The molecule has 42 heavy (non-hydrogen) atoms. The first-order valence-electron chi connectivity index (χ1n) is 15.2. The van der Waals surface area contributed by atoms with Crippen LogP contribution in [0, 0.1) is 24.7 Å². The van der Waals surface area contributed by atoms with Crippen LogP contribution < -0.4 is 15.0 Å². The third-order valence-corrected chi connectivity index (χ3v) is 9.82. The second kappa shape index (κ2) is 9.94. The first-order valence-corrected chi connectivity index (χ1v) is 15.2. The number of benzene rings is 4. The highest BCUT2D eigenvalue weighted by molar-refractivity contribution is 5.97. The Bertz CT molecular complexity index is 1680. The quantitative estimate of drug-likeness (QED) is 0.248. The maximum absolute atomic E-state index is 13.4. The van der Waals surface area contributed by atoms with E-state index in [0.717, 1.165) is 51.6 Å². The zero-order chi connectivity index (χ0) is 29.2. The monoisotopic (exact) mass is 558 g/mol.